The average Bonchev–Trinajstić information content (AvgIpc) is 2.37. The zero-order valence-corrected chi connectivity index (χ0v) is 12.9. The lowest BCUT2D eigenvalue weighted by Crippen LogP contribution is -2.49. The summed E-state index contributed by atoms with van der Waals surface area (Å²) in [6.07, 6.45) is 1.80. The van der Waals surface area contributed by atoms with Crippen molar-refractivity contribution >= 4 is 29.9 Å². The number of carbonyl (C=O) groups is 1. The lowest BCUT2D eigenvalue weighted by molar-refractivity contribution is 0.0569. The van der Waals surface area contributed by atoms with Gasteiger partial charge < -0.3 is 10.6 Å². The number of amides is 1. The standard InChI is InChI=1S/C14H18ClFN2O.ClH/c1-9-4-5-18(11(6-9)8-17)14(19)12-3-2-10(15)7-13(12)16;/h2-3,7,9,11H,4-6,8,17H2,1H3;1H. The number of halogens is 3. The molecule has 1 fully saturated rings. The summed E-state index contributed by atoms with van der Waals surface area (Å²) in [7, 11) is 0. The molecule has 2 unspecified atom stereocenters. The zero-order chi connectivity index (χ0) is 14.0. The summed E-state index contributed by atoms with van der Waals surface area (Å²) >= 11 is 5.70. The topological polar surface area (TPSA) is 46.3 Å². The van der Waals surface area contributed by atoms with Crippen molar-refractivity contribution in [2.45, 2.75) is 25.8 Å². The summed E-state index contributed by atoms with van der Waals surface area (Å²) in [6.45, 7) is 3.18. The van der Waals surface area contributed by atoms with Crippen LogP contribution in [-0.4, -0.2) is 29.9 Å². The van der Waals surface area contributed by atoms with Crippen molar-refractivity contribution in [3.05, 3.63) is 34.6 Å². The molecule has 6 heteroatoms. The first kappa shape index (κ1) is 17.2. The van der Waals surface area contributed by atoms with Gasteiger partial charge in [0.05, 0.1) is 5.56 Å². The van der Waals surface area contributed by atoms with Crippen LogP contribution in [0.15, 0.2) is 18.2 Å². The Labute approximate surface area is 129 Å². The van der Waals surface area contributed by atoms with Crippen LogP contribution < -0.4 is 5.73 Å². The Hall–Kier alpha value is -0.840. The molecule has 0 aliphatic carbocycles. The quantitative estimate of drug-likeness (QED) is 0.910. The molecule has 2 atom stereocenters. The fourth-order valence-electron chi connectivity index (χ4n) is 2.56. The fourth-order valence-corrected chi connectivity index (χ4v) is 2.72. The van der Waals surface area contributed by atoms with Crippen LogP contribution in [0.4, 0.5) is 4.39 Å². The van der Waals surface area contributed by atoms with Gasteiger partial charge in [-0.15, -0.1) is 12.4 Å². The maximum absolute atomic E-state index is 13.8. The van der Waals surface area contributed by atoms with E-state index in [1.54, 1.807) is 4.90 Å². The molecule has 0 spiro atoms. The highest BCUT2D eigenvalue weighted by atomic mass is 35.5. The summed E-state index contributed by atoms with van der Waals surface area (Å²) in [5.41, 5.74) is 5.79. The van der Waals surface area contributed by atoms with Gasteiger partial charge in [-0.2, -0.15) is 0 Å². The molecule has 1 aliphatic rings. The molecular formula is C14H19Cl2FN2O. The van der Waals surface area contributed by atoms with Crippen LogP contribution in [0, 0.1) is 11.7 Å². The molecule has 0 bridgehead atoms. The third-order valence-electron chi connectivity index (χ3n) is 3.67. The summed E-state index contributed by atoms with van der Waals surface area (Å²) in [5.74, 6) is -0.323. The van der Waals surface area contributed by atoms with Gasteiger partial charge in [-0.3, -0.25) is 4.79 Å². The number of benzene rings is 1. The molecule has 1 heterocycles. The van der Waals surface area contributed by atoms with Crippen molar-refractivity contribution in [2.24, 2.45) is 11.7 Å². The van der Waals surface area contributed by atoms with E-state index in [1.807, 2.05) is 0 Å². The summed E-state index contributed by atoms with van der Waals surface area (Å²) in [6, 6.07) is 4.12. The first-order valence-electron chi connectivity index (χ1n) is 6.49. The maximum Gasteiger partial charge on any atom is 0.257 e. The molecule has 0 saturated carbocycles. The number of hydrogen-bond acceptors (Lipinski definition) is 2. The second-order valence-corrected chi connectivity index (χ2v) is 5.58. The highest BCUT2D eigenvalue weighted by molar-refractivity contribution is 6.30. The van der Waals surface area contributed by atoms with Crippen molar-refractivity contribution in [3.63, 3.8) is 0 Å². The van der Waals surface area contributed by atoms with Gasteiger partial charge >= 0.3 is 0 Å². The Bertz CT molecular complexity index is 484. The molecule has 2 N–H and O–H groups in total. The Kier molecular flexibility index (Phi) is 6.24. The van der Waals surface area contributed by atoms with Crippen molar-refractivity contribution < 1.29 is 9.18 Å². The lowest BCUT2D eigenvalue weighted by Gasteiger charge is -2.38. The van der Waals surface area contributed by atoms with E-state index < -0.39 is 5.82 Å². The largest absolute Gasteiger partial charge is 0.334 e. The molecule has 2 rings (SSSR count). The third kappa shape index (κ3) is 3.62. The Morgan fingerprint density at radius 3 is 2.85 bits per heavy atom. The number of nitrogens with two attached hydrogens (primary N) is 1. The molecule has 1 amide bonds. The van der Waals surface area contributed by atoms with E-state index in [2.05, 4.69) is 6.92 Å². The van der Waals surface area contributed by atoms with E-state index in [9.17, 15) is 9.18 Å². The minimum atomic E-state index is -0.577. The number of rotatable bonds is 2. The third-order valence-corrected chi connectivity index (χ3v) is 3.91. The van der Waals surface area contributed by atoms with Crippen molar-refractivity contribution in [3.8, 4) is 0 Å². The van der Waals surface area contributed by atoms with Crippen molar-refractivity contribution in [2.75, 3.05) is 13.1 Å². The smallest absolute Gasteiger partial charge is 0.257 e. The second-order valence-electron chi connectivity index (χ2n) is 5.14. The maximum atomic E-state index is 13.8. The predicted octanol–water partition coefficient (Wildman–Crippen LogP) is 3.10. The van der Waals surface area contributed by atoms with Crippen LogP contribution in [0.1, 0.15) is 30.1 Å². The van der Waals surface area contributed by atoms with E-state index in [1.165, 1.54) is 18.2 Å². The number of hydrogen-bond donors (Lipinski definition) is 1. The van der Waals surface area contributed by atoms with Crippen LogP contribution in [-0.2, 0) is 0 Å². The van der Waals surface area contributed by atoms with Crippen molar-refractivity contribution in [1.82, 2.24) is 4.90 Å². The summed E-state index contributed by atoms with van der Waals surface area (Å²) < 4.78 is 13.8. The number of piperidine rings is 1. The van der Waals surface area contributed by atoms with Gasteiger partial charge in [0.1, 0.15) is 5.82 Å². The molecule has 1 saturated heterocycles. The molecule has 20 heavy (non-hydrogen) atoms. The molecule has 0 radical (unpaired) electrons. The van der Waals surface area contributed by atoms with E-state index >= 15 is 0 Å². The molecule has 1 aromatic rings. The van der Waals surface area contributed by atoms with Crippen LogP contribution in [0.25, 0.3) is 0 Å². The zero-order valence-electron chi connectivity index (χ0n) is 11.3. The van der Waals surface area contributed by atoms with Gasteiger partial charge in [-0.1, -0.05) is 18.5 Å². The SMILES string of the molecule is CC1CCN(C(=O)c2ccc(Cl)cc2F)C(CN)C1.Cl. The molecule has 1 aromatic carbocycles. The molecule has 112 valence electrons. The van der Waals surface area contributed by atoms with Gasteiger partial charge in [0, 0.05) is 24.2 Å². The monoisotopic (exact) mass is 320 g/mol. The average molecular weight is 321 g/mol. The van der Waals surface area contributed by atoms with Gasteiger partial charge in [0.2, 0.25) is 0 Å². The van der Waals surface area contributed by atoms with Crippen LogP contribution >= 0.6 is 24.0 Å². The van der Waals surface area contributed by atoms with E-state index in [-0.39, 0.29) is 34.9 Å². The molecule has 3 nitrogen and oxygen atoms in total. The lowest BCUT2D eigenvalue weighted by atomic mass is 9.92. The molecule has 0 aromatic heterocycles. The first-order chi connectivity index (χ1) is 9.02. The van der Waals surface area contributed by atoms with Crippen molar-refractivity contribution in [1.29, 1.82) is 0 Å². The fraction of sp³-hybridized carbons (Fsp3) is 0.500. The number of likely N-dealkylation sites (tertiary alicyclic amines) is 1. The number of carbonyl (C=O) groups excluding carboxylic acids is 1. The van der Waals surface area contributed by atoms with Crippen LogP contribution in [0.5, 0.6) is 0 Å². The number of nitrogens with zero attached hydrogens (tertiary/aromatic N) is 1. The van der Waals surface area contributed by atoms with Gasteiger partial charge in [-0.05, 0) is 37.0 Å². The molecular weight excluding hydrogens is 302 g/mol. The highest BCUT2D eigenvalue weighted by Crippen LogP contribution is 2.25. The van der Waals surface area contributed by atoms with E-state index in [0.717, 1.165) is 12.8 Å². The second kappa shape index (κ2) is 7.25. The van der Waals surface area contributed by atoms with E-state index in [4.69, 9.17) is 17.3 Å². The Balaban J connectivity index is 0.00000200. The van der Waals surface area contributed by atoms with Gasteiger partial charge in [0.15, 0.2) is 0 Å². The Morgan fingerprint density at radius 1 is 1.55 bits per heavy atom. The molecule has 1 aliphatic heterocycles. The van der Waals surface area contributed by atoms with Gasteiger partial charge in [0.25, 0.3) is 5.91 Å². The summed E-state index contributed by atoms with van der Waals surface area (Å²) in [4.78, 5) is 14.1. The Morgan fingerprint density at radius 2 is 2.25 bits per heavy atom. The predicted molar refractivity (Wildman–Crippen MR) is 80.9 cm³/mol. The van der Waals surface area contributed by atoms with Crippen LogP contribution in [0.3, 0.4) is 0 Å². The minimum Gasteiger partial charge on any atom is -0.334 e. The normalized spacial score (nSPS) is 22.3. The van der Waals surface area contributed by atoms with E-state index in [0.29, 0.717) is 19.0 Å². The highest BCUT2D eigenvalue weighted by Gasteiger charge is 2.30. The van der Waals surface area contributed by atoms with Gasteiger partial charge in [-0.25, -0.2) is 4.39 Å². The first-order valence-corrected chi connectivity index (χ1v) is 6.86. The summed E-state index contributed by atoms with van der Waals surface area (Å²) in [5, 5.41) is 0.289. The minimum absolute atomic E-state index is 0. The van der Waals surface area contributed by atoms with Crippen LogP contribution in [0.2, 0.25) is 5.02 Å².